The maximum absolute atomic E-state index is 11.5. The number of rotatable bonds is 6. The molecule has 0 radical (unpaired) electrons. The zero-order valence-corrected chi connectivity index (χ0v) is 22.1. The van der Waals surface area contributed by atoms with Crippen LogP contribution in [-0.2, 0) is 9.53 Å². The highest BCUT2D eigenvalue weighted by Gasteiger charge is 2.55. The predicted molar refractivity (Wildman–Crippen MR) is 133 cm³/mol. The van der Waals surface area contributed by atoms with Crippen LogP contribution in [0.2, 0.25) is 0 Å². The molecule has 0 spiro atoms. The largest absolute Gasteiger partial charge is 0.463 e. The molecule has 0 heterocycles. The first-order valence-corrected chi connectivity index (χ1v) is 14.0. The minimum absolute atomic E-state index is 0.0976. The molecule has 8 atom stereocenters. The number of esters is 1. The van der Waals surface area contributed by atoms with Crippen molar-refractivity contribution < 1.29 is 9.53 Å². The van der Waals surface area contributed by atoms with Crippen LogP contribution in [0.3, 0.4) is 0 Å². The molecule has 0 aromatic rings. The maximum atomic E-state index is 11.5. The summed E-state index contributed by atoms with van der Waals surface area (Å²) in [5.41, 5.74) is 4.69. The average Bonchev–Trinajstić information content (AvgIpc) is 3.08. The summed E-state index contributed by atoms with van der Waals surface area (Å²) in [7, 11) is 0. The molecule has 32 heavy (non-hydrogen) atoms. The van der Waals surface area contributed by atoms with Gasteiger partial charge < -0.3 is 4.74 Å². The van der Waals surface area contributed by atoms with Crippen molar-refractivity contribution in [1.29, 1.82) is 0 Å². The van der Waals surface area contributed by atoms with Crippen LogP contribution < -0.4 is 0 Å². The molecule has 3 saturated carbocycles. The second-order valence-electron chi connectivity index (χ2n) is 13.2. The van der Waals surface area contributed by atoms with E-state index in [4.69, 9.17) is 4.74 Å². The lowest BCUT2D eigenvalue weighted by molar-refractivity contribution is -0.152. The molecule has 0 saturated heterocycles. The molecule has 0 bridgehead atoms. The Kier molecular flexibility index (Phi) is 6.92. The lowest BCUT2D eigenvalue weighted by Crippen LogP contribution is -2.48. The summed E-state index contributed by atoms with van der Waals surface area (Å²) in [6.45, 7) is 16.6. The summed E-state index contributed by atoms with van der Waals surface area (Å²) in [6, 6.07) is 0. The van der Waals surface area contributed by atoms with Crippen LogP contribution in [0.4, 0.5) is 0 Å². The molecular formula is C30H50O2. The lowest BCUT2D eigenvalue weighted by Gasteiger charge is -2.57. The molecule has 2 heteroatoms. The number of carbonyl (C=O) groups excluding carboxylic acids is 1. The SMILES string of the molecule is CC(=O)O[C@@H]1CC[C@@]2(C)[C@@H](CCC3=C4CC[C@@H]([C@H](C)CC[C@@H](C)C(C)C)[C@]4(C)CC[C@H]32)C1. The molecule has 0 aromatic heterocycles. The summed E-state index contributed by atoms with van der Waals surface area (Å²) in [5, 5.41) is 0. The Morgan fingerprint density at radius 2 is 1.75 bits per heavy atom. The minimum atomic E-state index is -0.0976. The summed E-state index contributed by atoms with van der Waals surface area (Å²) in [6.07, 6.45) is 14.6. The van der Waals surface area contributed by atoms with Gasteiger partial charge in [0.25, 0.3) is 0 Å². The fourth-order valence-corrected chi connectivity index (χ4v) is 8.80. The standard InChI is InChI=1S/C30H50O2/c1-19(2)20(3)8-9-21(4)26-12-13-27-25-11-10-23-18-24(32-22(5)31)14-16-29(23,6)28(25)15-17-30(26,27)7/h19-21,23-24,26,28H,8-18H2,1-7H3/t20-,21-,23+,24-,26+,28-,29+,30+/m1/s1. The summed E-state index contributed by atoms with van der Waals surface area (Å²) in [5.74, 6) is 4.81. The zero-order valence-electron chi connectivity index (χ0n) is 22.1. The Labute approximate surface area is 198 Å². The first-order valence-electron chi connectivity index (χ1n) is 14.0. The van der Waals surface area contributed by atoms with E-state index < -0.39 is 0 Å². The molecule has 4 rings (SSSR count). The highest BCUT2D eigenvalue weighted by Crippen LogP contribution is 2.66. The molecule has 4 aliphatic rings. The van der Waals surface area contributed by atoms with Gasteiger partial charge in [-0.2, -0.15) is 0 Å². The Morgan fingerprint density at radius 1 is 1.00 bits per heavy atom. The van der Waals surface area contributed by atoms with Gasteiger partial charge in [0.05, 0.1) is 0 Å². The average molecular weight is 443 g/mol. The molecule has 0 N–H and O–H groups in total. The Morgan fingerprint density at radius 3 is 2.44 bits per heavy atom. The summed E-state index contributed by atoms with van der Waals surface area (Å²) < 4.78 is 5.65. The normalized spacial score (nSPS) is 41.0. The second-order valence-corrected chi connectivity index (χ2v) is 13.2. The van der Waals surface area contributed by atoms with E-state index >= 15 is 0 Å². The van der Waals surface area contributed by atoms with E-state index in [-0.39, 0.29) is 12.1 Å². The van der Waals surface area contributed by atoms with E-state index in [2.05, 4.69) is 41.5 Å². The molecule has 182 valence electrons. The Bertz CT molecular complexity index is 735. The number of ether oxygens (including phenoxy) is 1. The molecule has 2 nitrogen and oxygen atoms in total. The van der Waals surface area contributed by atoms with E-state index in [0.29, 0.717) is 10.8 Å². The first-order chi connectivity index (χ1) is 15.1. The number of hydrogen-bond donors (Lipinski definition) is 0. The van der Waals surface area contributed by atoms with Crippen LogP contribution >= 0.6 is 0 Å². The van der Waals surface area contributed by atoms with Gasteiger partial charge in [0, 0.05) is 6.92 Å². The Balaban J connectivity index is 1.50. The molecule has 4 aliphatic carbocycles. The van der Waals surface area contributed by atoms with E-state index in [0.717, 1.165) is 48.3 Å². The van der Waals surface area contributed by atoms with Crippen LogP contribution in [0, 0.1) is 46.3 Å². The molecular weight excluding hydrogens is 392 g/mol. The fraction of sp³-hybridized carbons (Fsp3) is 0.900. The highest BCUT2D eigenvalue weighted by atomic mass is 16.5. The van der Waals surface area contributed by atoms with E-state index in [9.17, 15) is 4.79 Å². The molecule has 0 aromatic carbocycles. The fourth-order valence-electron chi connectivity index (χ4n) is 8.80. The third kappa shape index (κ3) is 4.22. The van der Waals surface area contributed by atoms with Crippen LogP contribution in [0.5, 0.6) is 0 Å². The smallest absolute Gasteiger partial charge is 0.302 e. The van der Waals surface area contributed by atoms with Gasteiger partial charge in [0.1, 0.15) is 6.10 Å². The van der Waals surface area contributed by atoms with Crippen molar-refractivity contribution in [2.75, 3.05) is 0 Å². The van der Waals surface area contributed by atoms with Gasteiger partial charge in [-0.15, -0.1) is 0 Å². The second kappa shape index (κ2) is 9.10. The maximum Gasteiger partial charge on any atom is 0.302 e. The third-order valence-corrected chi connectivity index (χ3v) is 11.3. The van der Waals surface area contributed by atoms with Crippen molar-refractivity contribution in [1.82, 2.24) is 0 Å². The van der Waals surface area contributed by atoms with Crippen molar-refractivity contribution in [3.8, 4) is 0 Å². The van der Waals surface area contributed by atoms with Crippen molar-refractivity contribution in [3.63, 3.8) is 0 Å². The number of hydrogen-bond acceptors (Lipinski definition) is 2. The summed E-state index contributed by atoms with van der Waals surface area (Å²) >= 11 is 0. The number of carbonyl (C=O) groups is 1. The van der Waals surface area contributed by atoms with Crippen LogP contribution in [-0.4, -0.2) is 12.1 Å². The third-order valence-electron chi connectivity index (χ3n) is 11.3. The molecule has 3 fully saturated rings. The zero-order chi connectivity index (χ0) is 23.3. The van der Waals surface area contributed by atoms with Gasteiger partial charge in [0.2, 0.25) is 0 Å². The van der Waals surface area contributed by atoms with Gasteiger partial charge in [-0.05, 0) is 104 Å². The van der Waals surface area contributed by atoms with Crippen LogP contribution in [0.15, 0.2) is 11.1 Å². The van der Waals surface area contributed by atoms with Crippen molar-refractivity contribution in [2.45, 2.75) is 125 Å². The van der Waals surface area contributed by atoms with Crippen molar-refractivity contribution in [2.24, 2.45) is 46.3 Å². The number of fused-ring (bicyclic) bond motifs is 4. The minimum Gasteiger partial charge on any atom is -0.463 e. The molecule has 0 aliphatic heterocycles. The molecule has 0 amide bonds. The van der Waals surface area contributed by atoms with E-state index in [1.807, 2.05) is 11.1 Å². The van der Waals surface area contributed by atoms with Gasteiger partial charge in [-0.3, -0.25) is 4.79 Å². The highest BCUT2D eigenvalue weighted by molar-refractivity contribution is 5.66. The molecule has 0 unspecified atom stereocenters. The van der Waals surface area contributed by atoms with Gasteiger partial charge >= 0.3 is 5.97 Å². The number of allylic oxidation sites excluding steroid dienone is 2. The van der Waals surface area contributed by atoms with Crippen molar-refractivity contribution in [3.05, 3.63) is 11.1 Å². The van der Waals surface area contributed by atoms with Crippen LogP contribution in [0.25, 0.3) is 0 Å². The van der Waals surface area contributed by atoms with Gasteiger partial charge in [-0.25, -0.2) is 0 Å². The van der Waals surface area contributed by atoms with Crippen molar-refractivity contribution >= 4 is 5.97 Å². The topological polar surface area (TPSA) is 26.3 Å². The van der Waals surface area contributed by atoms with Gasteiger partial charge in [0.15, 0.2) is 0 Å². The van der Waals surface area contributed by atoms with Crippen LogP contribution in [0.1, 0.15) is 119 Å². The first kappa shape index (κ1) is 24.3. The van der Waals surface area contributed by atoms with E-state index in [1.54, 1.807) is 6.92 Å². The Hall–Kier alpha value is -0.790. The quantitative estimate of drug-likeness (QED) is 0.305. The van der Waals surface area contributed by atoms with Gasteiger partial charge in [-0.1, -0.05) is 65.5 Å². The summed E-state index contributed by atoms with van der Waals surface area (Å²) in [4.78, 5) is 11.5. The monoisotopic (exact) mass is 442 g/mol. The lowest BCUT2D eigenvalue weighted by atomic mass is 9.48. The van der Waals surface area contributed by atoms with E-state index in [1.165, 1.54) is 57.8 Å². The predicted octanol–water partition coefficient (Wildman–Crippen LogP) is 8.35.